The number of Topliss-reactive ketones (excluding diaryl/α,β-unsaturated/α-hetero) is 1. The second-order valence-electron chi connectivity index (χ2n) is 10.2. The summed E-state index contributed by atoms with van der Waals surface area (Å²) in [6.07, 6.45) is 16.3. The minimum absolute atomic E-state index is 0.159. The second-order valence-corrected chi connectivity index (χ2v) is 11.2. The van der Waals surface area contributed by atoms with E-state index >= 15 is 0 Å². The van der Waals surface area contributed by atoms with Crippen LogP contribution in [0, 0.1) is 17.8 Å². The lowest BCUT2D eigenvalue weighted by Crippen LogP contribution is -2.57. The Morgan fingerprint density at radius 1 is 1.12 bits per heavy atom. The van der Waals surface area contributed by atoms with E-state index in [0.29, 0.717) is 35.7 Å². The maximum atomic E-state index is 12.1. The van der Waals surface area contributed by atoms with E-state index in [-0.39, 0.29) is 5.92 Å². The monoisotopic (exact) mass is 460 g/mol. The molecule has 0 spiro atoms. The van der Waals surface area contributed by atoms with Crippen molar-refractivity contribution in [3.63, 3.8) is 0 Å². The van der Waals surface area contributed by atoms with E-state index in [1.54, 1.807) is 0 Å². The first-order valence-electron chi connectivity index (χ1n) is 12.6. The predicted molar refractivity (Wildman–Crippen MR) is 138 cm³/mol. The van der Waals surface area contributed by atoms with Gasteiger partial charge in [0.1, 0.15) is 5.78 Å². The molecule has 6 heteroatoms. The largest absolute Gasteiger partial charge is 0.369 e. The molecule has 2 aliphatic heterocycles. The van der Waals surface area contributed by atoms with Crippen LogP contribution in [-0.2, 0) is 4.79 Å². The summed E-state index contributed by atoms with van der Waals surface area (Å²) < 4.78 is 0. The van der Waals surface area contributed by atoms with Crippen molar-refractivity contribution in [2.75, 3.05) is 31.6 Å². The summed E-state index contributed by atoms with van der Waals surface area (Å²) in [7, 11) is 0. The lowest BCUT2D eigenvalue weighted by molar-refractivity contribution is -0.123. The number of allylic oxidation sites excluding steroid dienone is 3. The van der Waals surface area contributed by atoms with Gasteiger partial charge in [0.25, 0.3) is 0 Å². The highest BCUT2D eigenvalue weighted by molar-refractivity contribution is 7.98. The lowest BCUT2D eigenvalue weighted by atomic mass is 9.76. The fourth-order valence-electron chi connectivity index (χ4n) is 5.67. The van der Waals surface area contributed by atoms with E-state index in [9.17, 15) is 4.79 Å². The smallest absolute Gasteiger partial charge is 0.196 e. The molecule has 2 atom stereocenters. The topological polar surface area (TPSA) is 61.9 Å². The third-order valence-electron chi connectivity index (χ3n) is 7.59. The zero-order valence-corrected chi connectivity index (χ0v) is 21.4. The van der Waals surface area contributed by atoms with Crippen LogP contribution in [0.1, 0.15) is 65.7 Å². The maximum Gasteiger partial charge on any atom is 0.196 e. The molecule has 2 N–H and O–H groups in total. The number of rotatable bonds is 9. The predicted octanol–water partition coefficient (Wildman–Crippen LogP) is 4.69. The number of carbonyl (C=O) groups is 1. The van der Waals surface area contributed by atoms with Crippen molar-refractivity contribution in [3.8, 4) is 0 Å². The summed E-state index contributed by atoms with van der Waals surface area (Å²) in [6, 6.07) is 1.01. The minimum atomic E-state index is 0.159. The molecule has 2 saturated heterocycles. The first-order valence-corrected chi connectivity index (χ1v) is 14.0. The van der Waals surface area contributed by atoms with Gasteiger partial charge in [-0.1, -0.05) is 26.0 Å². The normalized spacial score (nSPS) is 30.0. The molecule has 32 heavy (non-hydrogen) atoms. The molecular weight excluding hydrogens is 416 g/mol. The van der Waals surface area contributed by atoms with Crippen LogP contribution in [0.5, 0.6) is 0 Å². The molecule has 3 fully saturated rings. The molecule has 0 aromatic carbocycles. The summed E-state index contributed by atoms with van der Waals surface area (Å²) in [5, 5.41) is 0. The van der Waals surface area contributed by atoms with Crippen LogP contribution < -0.4 is 5.73 Å². The highest BCUT2D eigenvalue weighted by atomic mass is 32.2. The fourth-order valence-corrected chi connectivity index (χ4v) is 6.11. The first kappa shape index (κ1) is 25.4. The standard InChI is InChI=1S/C26H44N4OS/c1-5-6-22(21-9-7-20(8-10-21)15-25(31)19(2)3)16-28-26(27)30-23-11-12-24(30)18-29(17-23)13-14-32-4/h5-6,16,19-21,23-24H,7-15,17-18H2,1-4H3,(H2,27,28)/b6-5-,22-16+. The number of piperazine rings is 1. The first-order chi connectivity index (χ1) is 15.4. The van der Waals surface area contributed by atoms with Crippen LogP contribution in [0.15, 0.2) is 28.9 Å². The number of ketones is 1. The number of carbonyl (C=O) groups excluding carboxylic acids is 1. The Labute approximate surface area is 200 Å². The van der Waals surface area contributed by atoms with Gasteiger partial charge in [0, 0.05) is 56.0 Å². The zero-order valence-electron chi connectivity index (χ0n) is 20.6. The SMILES string of the molecule is C/C=C\C(=C/N=C(N)N1C2CCC1CN(CCSC)C2)C1CCC(CC(=O)C(C)C)CC1. The second kappa shape index (κ2) is 12.3. The van der Waals surface area contributed by atoms with Crippen molar-refractivity contribution in [1.29, 1.82) is 0 Å². The molecule has 0 aromatic rings. The van der Waals surface area contributed by atoms with Crippen LogP contribution in [0.3, 0.4) is 0 Å². The molecule has 3 aliphatic rings. The Kier molecular flexibility index (Phi) is 9.72. The van der Waals surface area contributed by atoms with Gasteiger partial charge in [0.2, 0.25) is 0 Å². The summed E-state index contributed by atoms with van der Waals surface area (Å²) in [4.78, 5) is 21.9. The van der Waals surface area contributed by atoms with E-state index in [4.69, 9.17) is 10.7 Å². The number of nitrogens with two attached hydrogens (primary N) is 1. The van der Waals surface area contributed by atoms with Crippen LogP contribution >= 0.6 is 11.8 Å². The highest BCUT2D eigenvalue weighted by Gasteiger charge is 2.40. The number of nitrogens with zero attached hydrogens (tertiary/aromatic N) is 3. The van der Waals surface area contributed by atoms with Gasteiger partial charge in [-0.15, -0.1) is 0 Å². The van der Waals surface area contributed by atoms with Gasteiger partial charge < -0.3 is 10.6 Å². The number of aliphatic imine (C=N–C) groups is 1. The summed E-state index contributed by atoms with van der Waals surface area (Å²) in [5.41, 5.74) is 7.83. The molecule has 0 aromatic heterocycles. The third kappa shape index (κ3) is 6.63. The molecule has 1 saturated carbocycles. The van der Waals surface area contributed by atoms with Crippen LogP contribution in [-0.4, -0.2) is 65.3 Å². The summed E-state index contributed by atoms with van der Waals surface area (Å²) in [6.45, 7) is 9.49. The molecule has 2 heterocycles. The van der Waals surface area contributed by atoms with E-state index in [1.165, 1.54) is 30.7 Å². The number of likely N-dealkylation sites (tertiary alicyclic amines) is 1. The minimum Gasteiger partial charge on any atom is -0.369 e. The molecule has 0 amide bonds. The molecule has 0 radical (unpaired) electrons. The molecule has 2 unspecified atom stereocenters. The van der Waals surface area contributed by atoms with Crippen LogP contribution in [0.2, 0.25) is 0 Å². The van der Waals surface area contributed by atoms with Crippen molar-refractivity contribution < 1.29 is 4.79 Å². The van der Waals surface area contributed by atoms with Crippen molar-refractivity contribution in [2.24, 2.45) is 28.5 Å². The van der Waals surface area contributed by atoms with Crippen molar-refractivity contribution >= 4 is 23.5 Å². The van der Waals surface area contributed by atoms with Gasteiger partial charge in [0.05, 0.1) is 0 Å². The quantitative estimate of drug-likeness (QED) is 0.307. The van der Waals surface area contributed by atoms with Crippen LogP contribution in [0.25, 0.3) is 0 Å². The Bertz CT molecular complexity index is 695. The van der Waals surface area contributed by atoms with Gasteiger partial charge in [-0.25, -0.2) is 4.99 Å². The fraction of sp³-hybridized carbons (Fsp3) is 0.769. The van der Waals surface area contributed by atoms with E-state index in [1.807, 2.05) is 31.8 Å². The third-order valence-corrected chi connectivity index (χ3v) is 8.18. The molecule has 2 bridgehead atoms. The van der Waals surface area contributed by atoms with E-state index in [0.717, 1.165) is 45.2 Å². The number of fused-ring (bicyclic) bond motifs is 2. The number of guanidine groups is 1. The Morgan fingerprint density at radius 3 is 2.34 bits per heavy atom. The summed E-state index contributed by atoms with van der Waals surface area (Å²) in [5.74, 6) is 3.55. The van der Waals surface area contributed by atoms with E-state index < -0.39 is 0 Å². The van der Waals surface area contributed by atoms with Gasteiger partial charge in [-0.2, -0.15) is 11.8 Å². The average molecular weight is 461 g/mol. The van der Waals surface area contributed by atoms with Crippen molar-refractivity contribution in [1.82, 2.24) is 9.80 Å². The molecular formula is C26H44N4OS. The number of thioether (sulfide) groups is 1. The number of hydrogen-bond acceptors (Lipinski definition) is 4. The van der Waals surface area contributed by atoms with Crippen molar-refractivity contribution in [2.45, 2.75) is 77.8 Å². The Morgan fingerprint density at radius 2 is 1.78 bits per heavy atom. The highest BCUT2D eigenvalue weighted by Crippen LogP contribution is 2.36. The van der Waals surface area contributed by atoms with Gasteiger partial charge in [-0.05, 0) is 69.1 Å². The lowest BCUT2D eigenvalue weighted by Gasteiger charge is -2.41. The summed E-state index contributed by atoms with van der Waals surface area (Å²) >= 11 is 1.92. The Balaban J connectivity index is 1.60. The number of hydrogen-bond donors (Lipinski definition) is 1. The molecule has 3 rings (SSSR count). The molecule has 1 aliphatic carbocycles. The van der Waals surface area contributed by atoms with Gasteiger partial charge >= 0.3 is 0 Å². The van der Waals surface area contributed by atoms with E-state index in [2.05, 4.69) is 35.1 Å². The molecule has 5 nitrogen and oxygen atoms in total. The zero-order chi connectivity index (χ0) is 23.1. The Hall–Kier alpha value is -1.27. The average Bonchev–Trinajstić information content (AvgIpc) is 3.05. The van der Waals surface area contributed by atoms with Gasteiger partial charge in [0.15, 0.2) is 5.96 Å². The van der Waals surface area contributed by atoms with Crippen molar-refractivity contribution in [3.05, 3.63) is 23.9 Å². The van der Waals surface area contributed by atoms with Crippen LogP contribution in [0.4, 0.5) is 0 Å². The molecule has 180 valence electrons. The maximum absolute atomic E-state index is 12.1. The van der Waals surface area contributed by atoms with Gasteiger partial charge in [-0.3, -0.25) is 9.69 Å².